The zero-order chi connectivity index (χ0) is 15.1. The number of nitrogens with zero attached hydrogens (tertiary/aromatic N) is 2. The zero-order valence-electron chi connectivity index (χ0n) is 12.0. The molecular weight excluding hydrogens is 276 g/mol. The number of hydrogen-bond donors (Lipinski definition) is 1. The summed E-state index contributed by atoms with van der Waals surface area (Å²) in [4.78, 5) is 4.11. The Labute approximate surface area is 122 Å². The van der Waals surface area contributed by atoms with Gasteiger partial charge < -0.3 is 14.6 Å². The summed E-state index contributed by atoms with van der Waals surface area (Å²) in [5.74, 6) is -1.09. The van der Waals surface area contributed by atoms with Gasteiger partial charge >= 0.3 is 0 Å². The van der Waals surface area contributed by atoms with Gasteiger partial charge in [-0.15, -0.1) is 0 Å². The number of aromatic nitrogens is 2. The number of halogens is 2. The lowest BCUT2D eigenvalue weighted by atomic mass is 10.1. The SMILES string of the molecule is COCCNCc1cncn1CCc1cc(F)cc(F)c1. The van der Waals surface area contributed by atoms with Crippen molar-refractivity contribution in [3.63, 3.8) is 0 Å². The number of benzene rings is 1. The third-order valence-corrected chi connectivity index (χ3v) is 3.15. The summed E-state index contributed by atoms with van der Waals surface area (Å²) in [6.07, 6.45) is 4.06. The first-order chi connectivity index (χ1) is 10.2. The predicted molar refractivity (Wildman–Crippen MR) is 75.9 cm³/mol. The van der Waals surface area contributed by atoms with E-state index in [4.69, 9.17) is 4.74 Å². The van der Waals surface area contributed by atoms with Crippen LogP contribution in [0.5, 0.6) is 0 Å². The van der Waals surface area contributed by atoms with Crippen molar-refractivity contribution in [2.45, 2.75) is 19.5 Å². The van der Waals surface area contributed by atoms with Crippen molar-refractivity contribution in [3.05, 3.63) is 53.6 Å². The van der Waals surface area contributed by atoms with Crippen molar-refractivity contribution in [1.29, 1.82) is 0 Å². The second-order valence-electron chi connectivity index (χ2n) is 4.78. The normalized spacial score (nSPS) is 11.0. The van der Waals surface area contributed by atoms with Crippen LogP contribution in [0.4, 0.5) is 8.78 Å². The summed E-state index contributed by atoms with van der Waals surface area (Å²) < 4.78 is 33.2. The minimum Gasteiger partial charge on any atom is -0.383 e. The molecule has 1 aromatic heterocycles. The van der Waals surface area contributed by atoms with Crippen LogP contribution in [0.15, 0.2) is 30.7 Å². The Hall–Kier alpha value is -1.79. The van der Waals surface area contributed by atoms with Gasteiger partial charge in [-0.2, -0.15) is 0 Å². The maximum absolute atomic E-state index is 13.1. The number of aryl methyl sites for hydroxylation is 2. The molecule has 0 bridgehead atoms. The molecule has 0 spiro atoms. The molecule has 0 fully saturated rings. The maximum atomic E-state index is 13.1. The first-order valence-electron chi connectivity index (χ1n) is 6.82. The topological polar surface area (TPSA) is 39.1 Å². The Morgan fingerprint density at radius 2 is 2.00 bits per heavy atom. The molecule has 0 amide bonds. The lowest BCUT2D eigenvalue weighted by molar-refractivity contribution is 0.199. The van der Waals surface area contributed by atoms with Gasteiger partial charge in [0.25, 0.3) is 0 Å². The van der Waals surface area contributed by atoms with Crippen LogP contribution in [0.3, 0.4) is 0 Å². The van der Waals surface area contributed by atoms with E-state index < -0.39 is 11.6 Å². The van der Waals surface area contributed by atoms with Crippen LogP contribution in [0.1, 0.15) is 11.3 Å². The lowest BCUT2D eigenvalue weighted by Gasteiger charge is -2.09. The standard InChI is InChI=1S/C15H19F2N3O/c1-21-5-3-18-9-15-10-19-11-20(15)4-2-12-6-13(16)8-14(17)7-12/h6-8,10-11,18H,2-5,9H2,1H3. The molecule has 1 aromatic carbocycles. The van der Waals surface area contributed by atoms with Crippen molar-refractivity contribution in [2.75, 3.05) is 20.3 Å². The fraction of sp³-hybridized carbons (Fsp3) is 0.400. The van der Waals surface area contributed by atoms with E-state index in [0.717, 1.165) is 18.3 Å². The van der Waals surface area contributed by atoms with Crippen LogP contribution in [-0.2, 0) is 24.2 Å². The van der Waals surface area contributed by atoms with Gasteiger partial charge in [-0.25, -0.2) is 13.8 Å². The first-order valence-corrected chi connectivity index (χ1v) is 6.82. The zero-order valence-corrected chi connectivity index (χ0v) is 12.0. The number of nitrogens with one attached hydrogen (secondary N) is 1. The van der Waals surface area contributed by atoms with Gasteiger partial charge in [0.2, 0.25) is 0 Å². The molecule has 1 heterocycles. The number of rotatable bonds is 8. The average molecular weight is 295 g/mol. The van der Waals surface area contributed by atoms with Crippen LogP contribution in [0.25, 0.3) is 0 Å². The highest BCUT2D eigenvalue weighted by Gasteiger charge is 2.04. The third kappa shape index (κ3) is 4.91. The molecule has 1 N–H and O–H groups in total. The minimum absolute atomic E-state index is 0.544. The quantitative estimate of drug-likeness (QED) is 0.758. The Bertz CT molecular complexity index is 552. The Morgan fingerprint density at radius 3 is 2.71 bits per heavy atom. The van der Waals surface area contributed by atoms with E-state index in [-0.39, 0.29) is 0 Å². The van der Waals surface area contributed by atoms with E-state index in [0.29, 0.717) is 31.7 Å². The van der Waals surface area contributed by atoms with Gasteiger partial charge in [-0.05, 0) is 24.1 Å². The molecule has 0 atom stereocenters. The molecule has 6 heteroatoms. The van der Waals surface area contributed by atoms with Crippen molar-refractivity contribution >= 4 is 0 Å². The fourth-order valence-electron chi connectivity index (χ4n) is 2.09. The number of hydrogen-bond acceptors (Lipinski definition) is 3. The molecule has 0 unspecified atom stereocenters. The van der Waals surface area contributed by atoms with Crippen molar-refractivity contribution in [1.82, 2.24) is 14.9 Å². The number of ether oxygens (including phenoxy) is 1. The average Bonchev–Trinajstić information content (AvgIpc) is 2.88. The molecule has 4 nitrogen and oxygen atoms in total. The molecule has 0 aliphatic heterocycles. The first kappa shape index (κ1) is 15.6. The van der Waals surface area contributed by atoms with Gasteiger partial charge in [0, 0.05) is 39.0 Å². The van der Waals surface area contributed by atoms with E-state index in [1.165, 1.54) is 12.1 Å². The second kappa shape index (κ2) is 7.85. The Kier molecular flexibility index (Phi) is 5.83. The highest BCUT2D eigenvalue weighted by atomic mass is 19.1. The van der Waals surface area contributed by atoms with Crippen molar-refractivity contribution in [2.24, 2.45) is 0 Å². The van der Waals surface area contributed by atoms with E-state index >= 15 is 0 Å². The highest BCUT2D eigenvalue weighted by molar-refractivity contribution is 5.18. The number of imidazole rings is 1. The lowest BCUT2D eigenvalue weighted by Crippen LogP contribution is -2.20. The Morgan fingerprint density at radius 1 is 1.24 bits per heavy atom. The van der Waals surface area contributed by atoms with Gasteiger partial charge in [0.1, 0.15) is 11.6 Å². The van der Waals surface area contributed by atoms with Gasteiger partial charge in [-0.1, -0.05) is 0 Å². The number of methoxy groups -OCH3 is 1. The molecule has 21 heavy (non-hydrogen) atoms. The summed E-state index contributed by atoms with van der Waals surface area (Å²) in [5.41, 5.74) is 1.67. The largest absolute Gasteiger partial charge is 0.383 e. The van der Waals surface area contributed by atoms with Crippen LogP contribution in [-0.4, -0.2) is 29.8 Å². The fourth-order valence-corrected chi connectivity index (χ4v) is 2.09. The monoisotopic (exact) mass is 295 g/mol. The van der Waals surface area contributed by atoms with E-state index in [1.807, 2.05) is 4.57 Å². The second-order valence-corrected chi connectivity index (χ2v) is 4.78. The molecule has 0 radical (unpaired) electrons. The van der Waals surface area contributed by atoms with Gasteiger partial charge in [0.15, 0.2) is 0 Å². The van der Waals surface area contributed by atoms with Crippen LogP contribution in [0.2, 0.25) is 0 Å². The van der Waals surface area contributed by atoms with E-state index in [9.17, 15) is 8.78 Å². The molecule has 0 aliphatic rings. The molecule has 114 valence electrons. The third-order valence-electron chi connectivity index (χ3n) is 3.15. The van der Waals surface area contributed by atoms with Gasteiger partial charge in [0.05, 0.1) is 18.6 Å². The van der Waals surface area contributed by atoms with Crippen LogP contribution < -0.4 is 5.32 Å². The van der Waals surface area contributed by atoms with Crippen LogP contribution >= 0.6 is 0 Å². The predicted octanol–water partition coefficient (Wildman–Crippen LogP) is 2.14. The summed E-state index contributed by atoms with van der Waals surface area (Å²) >= 11 is 0. The van der Waals surface area contributed by atoms with Crippen LogP contribution in [0, 0.1) is 11.6 Å². The Balaban J connectivity index is 1.89. The van der Waals surface area contributed by atoms with Gasteiger partial charge in [-0.3, -0.25) is 0 Å². The van der Waals surface area contributed by atoms with E-state index in [1.54, 1.807) is 19.6 Å². The summed E-state index contributed by atoms with van der Waals surface area (Å²) in [6.45, 7) is 2.72. The molecular formula is C15H19F2N3O. The highest BCUT2D eigenvalue weighted by Crippen LogP contribution is 2.10. The smallest absolute Gasteiger partial charge is 0.126 e. The molecule has 2 aromatic rings. The molecule has 2 rings (SSSR count). The molecule has 0 saturated heterocycles. The minimum atomic E-state index is -0.544. The van der Waals surface area contributed by atoms with Crippen molar-refractivity contribution in [3.8, 4) is 0 Å². The molecule has 0 aliphatic carbocycles. The summed E-state index contributed by atoms with van der Waals surface area (Å²) in [6, 6.07) is 3.60. The summed E-state index contributed by atoms with van der Waals surface area (Å²) in [7, 11) is 1.66. The summed E-state index contributed by atoms with van der Waals surface area (Å²) in [5, 5.41) is 3.24. The molecule has 0 saturated carbocycles. The van der Waals surface area contributed by atoms with E-state index in [2.05, 4.69) is 10.3 Å². The maximum Gasteiger partial charge on any atom is 0.126 e. The van der Waals surface area contributed by atoms with Crippen molar-refractivity contribution < 1.29 is 13.5 Å².